The van der Waals surface area contributed by atoms with Crippen LogP contribution in [0.5, 0.6) is 0 Å². The Balaban J connectivity index is 1.80. The number of pyridine rings is 1. The summed E-state index contributed by atoms with van der Waals surface area (Å²) in [6.07, 6.45) is -0.0381. The molecule has 1 fully saturated rings. The van der Waals surface area contributed by atoms with Crippen molar-refractivity contribution < 1.29 is 14.7 Å². The van der Waals surface area contributed by atoms with Crippen LogP contribution in [0.1, 0.15) is 44.5 Å². The molecule has 0 bridgehead atoms. The summed E-state index contributed by atoms with van der Waals surface area (Å²) in [5.41, 5.74) is 6.29. The van der Waals surface area contributed by atoms with Gasteiger partial charge in [0.2, 0.25) is 0 Å². The third-order valence-electron chi connectivity index (χ3n) is 6.16. The van der Waals surface area contributed by atoms with Crippen LogP contribution in [0.3, 0.4) is 0 Å². The van der Waals surface area contributed by atoms with Crippen molar-refractivity contribution in [3.8, 4) is 0 Å². The molecule has 0 saturated carbocycles. The molecule has 34 heavy (non-hydrogen) atoms. The molecule has 0 radical (unpaired) electrons. The van der Waals surface area contributed by atoms with E-state index in [1.54, 1.807) is 38.6 Å². The number of rotatable bonds is 7. The summed E-state index contributed by atoms with van der Waals surface area (Å²) in [7, 11) is 0. The molecule has 2 atom stereocenters. The molecule has 2 aliphatic rings. The van der Waals surface area contributed by atoms with Crippen LogP contribution in [0.2, 0.25) is 0 Å². The maximum Gasteiger partial charge on any atom is 0.337 e. The highest BCUT2D eigenvalue weighted by Crippen LogP contribution is 2.30. The lowest BCUT2D eigenvalue weighted by Gasteiger charge is -2.31. The van der Waals surface area contributed by atoms with Crippen LogP contribution >= 0.6 is 11.8 Å². The second-order valence-electron chi connectivity index (χ2n) is 8.68. The lowest BCUT2D eigenvalue weighted by molar-refractivity contribution is 0.0695. The molecule has 1 aromatic heterocycles. The Bertz CT molecular complexity index is 1210. The van der Waals surface area contributed by atoms with Crippen molar-refractivity contribution in [3.63, 3.8) is 0 Å². The number of nitrogens with zero attached hydrogens (tertiary/aromatic N) is 4. The van der Waals surface area contributed by atoms with Gasteiger partial charge in [-0.3, -0.25) is 15.1 Å². The van der Waals surface area contributed by atoms with Gasteiger partial charge in [0.15, 0.2) is 11.3 Å². The summed E-state index contributed by atoms with van der Waals surface area (Å²) in [5.74, 6) is -0.787. The van der Waals surface area contributed by atoms with E-state index in [-0.39, 0.29) is 28.2 Å². The van der Waals surface area contributed by atoms with Crippen LogP contribution in [0.4, 0.5) is 4.79 Å². The molecule has 2 amide bonds. The van der Waals surface area contributed by atoms with Crippen molar-refractivity contribution >= 4 is 39.8 Å². The quantitative estimate of drug-likeness (QED) is 0.551. The maximum atomic E-state index is 13.6. The number of aromatic carboxylic acids is 1. The van der Waals surface area contributed by atoms with Crippen molar-refractivity contribution in [2.45, 2.75) is 57.9 Å². The number of hydrogen-bond acceptors (Lipinski definition) is 7. The number of carbonyl (C=O) groups is 2. The lowest BCUT2D eigenvalue weighted by atomic mass is 10.1. The number of amides is 2. The maximum absolute atomic E-state index is 13.6. The second kappa shape index (κ2) is 9.67. The average Bonchev–Trinajstić information content (AvgIpc) is 3.08. The molecular formula is C23H30N6O4S. The molecule has 3 heterocycles. The normalized spacial score (nSPS) is 20.0. The Kier molecular flexibility index (Phi) is 6.85. The van der Waals surface area contributed by atoms with Crippen LogP contribution < -0.4 is 16.4 Å². The summed E-state index contributed by atoms with van der Waals surface area (Å²) in [6, 6.07) is 6.97. The first-order valence-corrected chi connectivity index (χ1v) is 12.3. The number of carboxylic acids is 1. The number of thioether (sulfide) groups is 1. The summed E-state index contributed by atoms with van der Waals surface area (Å²) in [4.78, 5) is 46.7. The van der Waals surface area contributed by atoms with Gasteiger partial charge in [0.05, 0.1) is 16.0 Å². The van der Waals surface area contributed by atoms with Crippen molar-refractivity contribution in [2.24, 2.45) is 10.9 Å². The summed E-state index contributed by atoms with van der Waals surface area (Å²) in [6.45, 7) is 9.44. The molecule has 182 valence electrons. The van der Waals surface area contributed by atoms with Gasteiger partial charge in [-0.15, -0.1) is 0 Å². The first-order valence-electron chi connectivity index (χ1n) is 11.5. The predicted molar refractivity (Wildman–Crippen MR) is 132 cm³/mol. The third-order valence-corrected chi connectivity index (χ3v) is 7.14. The summed E-state index contributed by atoms with van der Waals surface area (Å²) >= 11 is 0.987. The molecule has 1 saturated heterocycles. The number of likely N-dealkylation sites (N-methyl/N-ethyl adjacent to an activating group) is 2. The molecular weight excluding hydrogens is 456 g/mol. The fraction of sp³-hybridized carbons (Fsp3) is 0.478. The minimum atomic E-state index is -1.17. The second-order valence-corrected chi connectivity index (χ2v) is 9.68. The van der Waals surface area contributed by atoms with Crippen LogP contribution in [0.25, 0.3) is 10.9 Å². The number of urea groups is 1. The van der Waals surface area contributed by atoms with Crippen LogP contribution in [-0.2, 0) is 6.54 Å². The zero-order valence-electron chi connectivity index (χ0n) is 19.7. The van der Waals surface area contributed by atoms with Gasteiger partial charge in [0.25, 0.3) is 5.56 Å². The van der Waals surface area contributed by atoms with Crippen molar-refractivity contribution in [2.75, 3.05) is 13.1 Å². The Labute approximate surface area is 202 Å². The minimum absolute atomic E-state index is 0.0388. The van der Waals surface area contributed by atoms with Gasteiger partial charge in [-0.05, 0) is 44.0 Å². The number of aliphatic imine (C=N–C) groups is 1. The minimum Gasteiger partial charge on any atom is -0.478 e. The zero-order valence-corrected chi connectivity index (χ0v) is 20.6. The van der Waals surface area contributed by atoms with Gasteiger partial charge in [-0.2, -0.15) is 0 Å². The number of benzene rings is 1. The average molecular weight is 487 g/mol. The topological polar surface area (TPSA) is 119 Å². The van der Waals surface area contributed by atoms with Crippen molar-refractivity contribution in [1.29, 1.82) is 0 Å². The molecule has 2 unspecified atom stereocenters. The number of hydrogen-bond donors (Lipinski definition) is 3. The standard InChI is InChI=1S/C23H30N6O4S/c1-5-27-18-19(28(6-2)23(27)33)25-26-22(24-18)34-17-16(21(31)32)14-9-7-8-10-15(14)29(20(17)30)12-11-13(3)4/h7-10,13,18-19,25H,5-6,11-12H2,1-4H3,(H,24,26)(H,31,32). The number of fused-ring (bicyclic) bond motifs is 2. The van der Waals surface area contributed by atoms with Crippen molar-refractivity contribution in [3.05, 3.63) is 40.2 Å². The number of aromatic nitrogens is 1. The lowest BCUT2D eigenvalue weighted by Crippen LogP contribution is -2.58. The number of aryl methyl sites for hydroxylation is 1. The molecule has 1 aromatic carbocycles. The number of para-hydroxylation sites is 1. The highest BCUT2D eigenvalue weighted by molar-refractivity contribution is 8.13. The number of amidine groups is 1. The highest BCUT2D eigenvalue weighted by atomic mass is 32.2. The SMILES string of the molecule is CCN1C(=O)N(CC)C2NNC(Sc3c(C(=O)O)c4ccccc4n(CCC(C)C)c3=O)=NC21. The van der Waals surface area contributed by atoms with Gasteiger partial charge < -0.3 is 14.6 Å². The van der Waals surface area contributed by atoms with Gasteiger partial charge in [0.1, 0.15) is 6.17 Å². The third kappa shape index (κ3) is 4.14. The predicted octanol–water partition coefficient (Wildman–Crippen LogP) is 2.73. The molecule has 0 spiro atoms. The molecule has 3 N–H and O–H groups in total. The Hall–Kier alpha value is -3.05. The Morgan fingerprint density at radius 3 is 2.53 bits per heavy atom. The molecule has 11 heteroatoms. The molecule has 10 nitrogen and oxygen atoms in total. The monoisotopic (exact) mass is 486 g/mol. The fourth-order valence-corrected chi connectivity index (χ4v) is 5.37. The van der Waals surface area contributed by atoms with E-state index in [0.29, 0.717) is 41.6 Å². The molecule has 2 aliphatic heterocycles. The van der Waals surface area contributed by atoms with E-state index in [9.17, 15) is 19.5 Å². The smallest absolute Gasteiger partial charge is 0.337 e. The Morgan fingerprint density at radius 1 is 1.18 bits per heavy atom. The van der Waals surface area contributed by atoms with Gasteiger partial charge in [-0.1, -0.05) is 32.0 Å². The largest absolute Gasteiger partial charge is 0.478 e. The van der Waals surface area contributed by atoms with Gasteiger partial charge in [-0.25, -0.2) is 20.0 Å². The van der Waals surface area contributed by atoms with E-state index in [1.165, 1.54) is 0 Å². The number of carboxylic acid groups (broad SMARTS) is 1. The van der Waals surface area contributed by atoms with Gasteiger partial charge in [0, 0.05) is 25.0 Å². The molecule has 0 aliphatic carbocycles. The van der Waals surface area contributed by atoms with E-state index in [2.05, 4.69) is 24.7 Å². The van der Waals surface area contributed by atoms with E-state index in [4.69, 9.17) is 4.99 Å². The number of hydrazine groups is 1. The zero-order chi connectivity index (χ0) is 24.6. The van der Waals surface area contributed by atoms with Crippen LogP contribution in [-0.4, -0.2) is 62.1 Å². The first kappa shape index (κ1) is 24.1. The highest BCUT2D eigenvalue weighted by Gasteiger charge is 2.46. The molecule has 2 aromatic rings. The van der Waals surface area contributed by atoms with Crippen molar-refractivity contribution in [1.82, 2.24) is 25.2 Å². The van der Waals surface area contributed by atoms with E-state index in [1.807, 2.05) is 13.8 Å². The fourth-order valence-electron chi connectivity index (χ4n) is 4.41. The van der Waals surface area contributed by atoms with Crippen LogP contribution in [0, 0.1) is 5.92 Å². The molecule has 4 rings (SSSR count). The van der Waals surface area contributed by atoms with E-state index < -0.39 is 12.1 Å². The summed E-state index contributed by atoms with van der Waals surface area (Å²) < 4.78 is 1.65. The van der Waals surface area contributed by atoms with E-state index >= 15 is 0 Å². The van der Waals surface area contributed by atoms with Crippen LogP contribution in [0.15, 0.2) is 38.9 Å². The Morgan fingerprint density at radius 2 is 1.88 bits per heavy atom. The number of carbonyl (C=O) groups excluding carboxylic acids is 1. The summed E-state index contributed by atoms with van der Waals surface area (Å²) in [5, 5.41) is 10.9. The van der Waals surface area contributed by atoms with E-state index in [0.717, 1.165) is 18.2 Å². The number of nitrogens with one attached hydrogen (secondary N) is 2. The first-order chi connectivity index (χ1) is 16.3. The van der Waals surface area contributed by atoms with Gasteiger partial charge >= 0.3 is 12.0 Å².